The molecule has 9 heterocycles. The molecule has 9 aromatic rings. The highest BCUT2D eigenvalue weighted by Gasteiger charge is 2.46. The fourth-order valence-electron chi connectivity index (χ4n) is 13.8. The molecule has 3 saturated heterocycles. The number of aliphatic hydroxyl groups is 3. The topological polar surface area (TPSA) is 318 Å². The smallest absolute Gasteiger partial charge is 0.234 e. The number of aromatic amines is 1. The van der Waals surface area contributed by atoms with E-state index in [-0.39, 0.29) is 104 Å². The summed E-state index contributed by atoms with van der Waals surface area (Å²) in [5, 5.41) is 42.7. The molecule has 0 bridgehead atoms. The molecule has 10 atom stereocenters. The standard InChI is InChI=1S/C26H31N3O5.C25H31N5O3S.C25H30N4O3S2/c1-15(2)25(23-10-17(4)28-34-23)26(32)29-13-20(30)11-21(29)22(31)9-16(3)18-5-7-19(8-6-18)24-12-27-14-33-24;1-14(2)22(24-27-16(4)28-29-24)25(33)30-12-19(31)11-20(30)21(32)10-7-17-5-8-18(9-6-17)23-15(3)26-13-34-23;1-14(2)22(24-27-16(4)34-28-24)25(32)29-12-19(30)11-20(29)21(31)10-7-17-5-8-18(9-6-17)23-15(3)26-13-33-23/h5-8,10,12,14-16,20-21,25,30H,9,11,13H2,1-4H3;5-6,8-9,13-14,19-20,22,31H,7,10-12H2,1-4H3,(H,27,28,29);5-6,8-9,13-14,19-20,22,30H,7,10-12H2,1-4H3/t16-,20-,21+,25-;2*19-,20+,22-/m111/s1. The second-order valence-corrected chi connectivity index (χ2v) is 30.8. The first-order valence-corrected chi connectivity index (χ1v) is 37.4. The van der Waals surface area contributed by atoms with E-state index in [0.29, 0.717) is 60.4 Å². The number of ketones is 3. The Morgan fingerprint density at radius 3 is 1.43 bits per heavy atom. The highest BCUT2D eigenvalue weighted by atomic mass is 32.1. The number of rotatable bonds is 24. The summed E-state index contributed by atoms with van der Waals surface area (Å²) in [6.45, 7) is 23.6. The number of hydrogen-bond acceptors (Lipinski definition) is 22. The molecule has 3 aromatic carbocycles. The van der Waals surface area contributed by atoms with Crippen LogP contribution in [0.2, 0.25) is 0 Å². The molecule has 0 saturated carbocycles. The van der Waals surface area contributed by atoms with E-state index < -0.39 is 54.2 Å². The third kappa shape index (κ3) is 18.4. The highest BCUT2D eigenvalue weighted by molar-refractivity contribution is 7.13. The number of likely N-dealkylation sites (tertiary alicyclic amines) is 3. The molecular formula is C76H92N12O11S3. The molecule has 6 aromatic heterocycles. The van der Waals surface area contributed by atoms with Crippen molar-refractivity contribution in [3.8, 4) is 32.2 Å². The number of oxazole rings is 1. The van der Waals surface area contributed by atoms with E-state index in [0.717, 1.165) is 59.5 Å². The van der Waals surface area contributed by atoms with Gasteiger partial charge in [0.25, 0.3) is 0 Å². The molecule has 3 amide bonds. The second-order valence-electron chi connectivity index (χ2n) is 28.1. The Morgan fingerprint density at radius 2 is 1.04 bits per heavy atom. The van der Waals surface area contributed by atoms with Crippen LogP contribution in [0.1, 0.15) is 173 Å². The number of nitrogens with one attached hydrogen (secondary N) is 1. The van der Waals surface area contributed by atoms with Crippen LogP contribution in [0.5, 0.6) is 0 Å². The summed E-state index contributed by atoms with van der Waals surface area (Å²) in [5.41, 5.74) is 12.7. The van der Waals surface area contributed by atoms with Crippen LogP contribution in [0.25, 0.3) is 32.2 Å². The van der Waals surface area contributed by atoms with Crippen LogP contribution in [0.15, 0.2) is 111 Å². The van der Waals surface area contributed by atoms with E-state index in [4.69, 9.17) is 8.94 Å². The minimum absolute atomic E-state index is 0.0165. The highest BCUT2D eigenvalue weighted by Crippen LogP contribution is 2.37. The minimum atomic E-state index is -0.723. The molecule has 3 aliphatic rings. The molecule has 3 fully saturated rings. The number of aryl methyl sites for hydroxylation is 7. The number of aromatic nitrogens is 9. The molecular weight excluding hydrogens is 1350 g/mol. The number of β-amino-alcohol motifs (C(OH)–C–C–N with tert-alkyl or cyclic N) is 3. The monoisotopic (exact) mass is 1440 g/mol. The summed E-state index contributed by atoms with van der Waals surface area (Å²) < 4.78 is 15.1. The van der Waals surface area contributed by atoms with Crippen LogP contribution in [-0.4, -0.2) is 166 Å². The second kappa shape index (κ2) is 34.1. The normalized spacial score (nSPS) is 19.4. The van der Waals surface area contributed by atoms with Crippen molar-refractivity contribution < 1.29 is 53.0 Å². The van der Waals surface area contributed by atoms with Gasteiger partial charge in [-0.15, -0.1) is 22.7 Å². The number of thiazole rings is 2. The summed E-state index contributed by atoms with van der Waals surface area (Å²) >= 11 is 4.50. The number of amides is 3. The van der Waals surface area contributed by atoms with Gasteiger partial charge in [-0.25, -0.2) is 24.9 Å². The lowest BCUT2D eigenvalue weighted by Gasteiger charge is -2.29. The SMILES string of the molecule is Cc1cc([C@H](C(=O)N2C[C@H](O)C[C@H]2C(=O)C[C@@H](C)c2ccc(-c3cnco3)cc2)C(C)C)on1.Cc1nc([C@H](C(=O)N2C[C@H](O)C[C@H]2C(=O)CCc2ccc(-c3scnc3C)cc2)C(C)C)n[nH]1.Cc1nc([C@H](C(=O)N2C[C@H](O)C[C@H]2C(=O)CCc2ccc(-c3scnc3C)cc2)C(C)C)ns1. The Hall–Kier alpha value is -8.66. The summed E-state index contributed by atoms with van der Waals surface area (Å²) in [4.78, 5) is 108. The van der Waals surface area contributed by atoms with Gasteiger partial charge < -0.3 is 39.0 Å². The number of carbonyl (C=O) groups excluding carboxylic acids is 6. The predicted molar refractivity (Wildman–Crippen MR) is 389 cm³/mol. The predicted octanol–water partition coefficient (Wildman–Crippen LogP) is 11.7. The van der Waals surface area contributed by atoms with Crippen molar-refractivity contribution in [2.45, 2.75) is 195 Å². The summed E-state index contributed by atoms with van der Waals surface area (Å²) in [6.07, 6.45) is 3.81. The number of hydrogen-bond donors (Lipinski definition) is 4. The Morgan fingerprint density at radius 1 is 0.578 bits per heavy atom. The first-order chi connectivity index (χ1) is 48.7. The van der Waals surface area contributed by atoms with Crippen LogP contribution in [0.4, 0.5) is 0 Å². The summed E-state index contributed by atoms with van der Waals surface area (Å²) in [6, 6.07) is 24.1. The number of carbonyl (C=O) groups is 6. The lowest BCUT2D eigenvalue weighted by atomic mass is 9.89. The molecule has 0 spiro atoms. The molecule has 12 rings (SSSR count). The Kier molecular flexibility index (Phi) is 25.4. The van der Waals surface area contributed by atoms with E-state index in [1.807, 2.05) is 129 Å². The van der Waals surface area contributed by atoms with Crippen molar-refractivity contribution in [1.29, 1.82) is 0 Å². The Bertz CT molecular complexity index is 4110. The van der Waals surface area contributed by atoms with Gasteiger partial charge in [-0.2, -0.15) is 9.47 Å². The zero-order valence-corrected chi connectivity index (χ0v) is 62.3. The minimum Gasteiger partial charge on any atom is -0.444 e. The van der Waals surface area contributed by atoms with E-state index in [9.17, 15) is 44.1 Å². The van der Waals surface area contributed by atoms with Crippen molar-refractivity contribution in [2.24, 2.45) is 17.8 Å². The van der Waals surface area contributed by atoms with Gasteiger partial charge in [0.2, 0.25) is 17.7 Å². The van der Waals surface area contributed by atoms with Gasteiger partial charge in [-0.05, 0) is 110 Å². The molecule has 3 aliphatic heterocycles. The maximum Gasteiger partial charge on any atom is 0.234 e. The third-order valence-corrected chi connectivity index (χ3v) is 21.8. The molecule has 26 heteroatoms. The summed E-state index contributed by atoms with van der Waals surface area (Å²) in [5.74, 6) is 0.301. The van der Waals surface area contributed by atoms with Crippen LogP contribution in [0.3, 0.4) is 0 Å². The molecule has 540 valence electrons. The molecule has 0 radical (unpaired) electrons. The molecule has 0 unspecified atom stereocenters. The van der Waals surface area contributed by atoms with Crippen molar-refractivity contribution in [2.75, 3.05) is 19.6 Å². The first-order valence-electron chi connectivity index (χ1n) is 34.9. The lowest BCUT2D eigenvalue weighted by molar-refractivity contribution is -0.140. The first kappa shape index (κ1) is 76.0. The Balaban J connectivity index is 0.000000165. The van der Waals surface area contributed by atoms with Crippen molar-refractivity contribution >= 4 is 69.3 Å². The third-order valence-electron chi connectivity index (χ3n) is 19.2. The number of H-pyrrole nitrogens is 1. The van der Waals surface area contributed by atoms with E-state index in [1.54, 1.807) is 58.6 Å². The average molecular weight is 1450 g/mol. The maximum atomic E-state index is 13.5. The van der Waals surface area contributed by atoms with Crippen molar-refractivity contribution in [3.05, 3.63) is 164 Å². The van der Waals surface area contributed by atoms with Gasteiger partial charge in [-0.1, -0.05) is 126 Å². The molecule has 4 N–H and O–H groups in total. The lowest BCUT2D eigenvalue weighted by Crippen LogP contribution is -2.44. The Labute approximate surface area is 606 Å². The van der Waals surface area contributed by atoms with Gasteiger partial charge in [-0.3, -0.25) is 33.9 Å². The van der Waals surface area contributed by atoms with Gasteiger partial charge in [0, 0.05) is 69.8 Å². The number of benzene rings is 3. The van der Waals surface area contributed by atoms with Gasteiger partial charge in [0.05, 0.1) is 80.5 Å². The van der Waals surface area contributed by atoms with Gasteiger partial charge in [0.15, 0.2) is 41.2 Å². The molecule has 0 aliphatic carbocycles. The van der Waals surface area contributed by atoms with Gasteiger partial charge >= 0.3 is 0 Å². The van der Waals surface area contributed by atoms with Gasteiger partial charge in [0.1, 0.15) is 34.3 Å². The zero-order chi connectivity index (χ0) is 73.2. The quantitative estimate of drug-likeness (QED) is 0.0437. The molecule has 23 nitrogen and oxygen atoms in total. The maximum absolute atomic E-state index is 13.5. The average Bonchev–Trinajstić information content (AvgIpc) is 1.65. The van der Waals surface area contributed by atoms with E-state index in [2.05, 4.69) is 68.9 Å². The van der Waals surface area contributed by atoms with Crippen LogP contribution in [-0.2, 0) is 41.6 Å². The van der Waals surface area contributed by atoms with Crippen LogP contribution >= 0.6 is 34.2 Å². The van der Waals surface area contributed by atoms with Crippen molar-refractivity contribution in [1.82, 2.24) is 59.3 Å². The number of nitrogens with zero attached hydrogens (tertiary/aromatic N) is 11. The fraction of sp³-hybridized carbons (Fsp3) is 0.474. The fourth-order valence-corrected chi connectivity index (χ4v) is 15.9. The molecule has 102 heavy (non-hydrogen) atoms. The zero-order valence-electron chi connectivity index (χ0n) is 59.9. The van der Waals surface area contributed by atoms with Crippen LogP contribution < -0.4 is 0 Å². The number of Topliss-reactive ketones (excluding diaryl/α,β-unsaturated/α-hetero) is 3. The van der Waals surface area contributed by atoms with Crippen LogP contribution in [0, 0.1) is 52.4 Å². The summed E-state index contributed by atoms with van der Waals surface area (Å²) in [7, 11) is 0. The largest absolute Gasteiger partial charge is 0.444 e. The van der Waals surface area contributed by atoms with E-state index in [1.165, 1.54) is 22.8 Å². The number of aliphatic hydroxyl groups excluding tert-OH is 3. The van der Waals surface area contributed by atoms with Crippen molar-refractivity contribution in [3.63, 3.8) is 0 Å². The van der Waals surface area contributed by atoms with E-state index >= 15 is 0 Å².